The van der Waals surface area contributed by atoms with Crippen LogP contribution in [-0.4, -0.2) is 44.8 Å². The summed E-state index contributed by atoms with van der Waals surface area (Å²) in [7, 11) is -3.59. The van der Waals surface area contributed by atoms with Gasteiger partial charge in [0, 0.05) is 31.7 Å². The Morgan fingerprint density at radius 3 is 2.44 bits per heavy atom. The summed E-state index contributed by atoms with van der Waals surface area (Å²) in [5.41, 5.74) is 1.40. The molecule has 1 atom stereocenters. The molecule has 0 spiro atoms. The van der Waals surface area contributed by atoms with Gasteiger partial charge in [-0.05, 0) is 54.8 Å². The van der Waals surface area contributed by atoms with Gasteiger partial charge in [0.25, 0.3) is 0 Å². The van der Waals surface area contributed by atoms with E-state index in [-0.39, 0.29) is 28.9 Å². The molecule has 2 N–H and O–H groups in total. The molecule has 9 heteroatoms. The average molecular weight is 490 g/mol. The van der Waals surface area contributed by atoms with E-state index >= 15 is 0 Å². The molecule has 2 aromatic carbocycles. The molecule has 1 unspecified atom stereocenters. The van der Waals surface area contributed by atoms with Crippen molar-refractivity contribution in [3.8, 4) is 0 Å². The van der Waals surface area contributed by atoms with Gasteiger partial charge >= 0.3 is 0 Å². The Balaban J connectivity index is 1.48. The zero-order chi connectivity index (χ0) is 24.6. The summed E-state index contributed by atoms with van der Waals surface area (Å²) in [4.78, 5) is 26.8. The minimum atomic E-state index is -3.59. The average Bonchev–Trinajstić information content (AvgIpc) is 3.19. The van der Waals surface area contributed by atoms with Crippen LogP contribution in [0.2, 0.25) is 0 Å². The van der Waals surface area contributed by atoms with Gasteiger partial charge in [0.05, 0.1) is 10.8 Å². The normalized spacial score (nSPS) is 16.1. The fourth-order valence-electron chi connectivity index (χ4n) is 3.88. The Hall–Kier alpha value is -2.78. The number of likely N-dealkylation sites (tertiary alicyclic amines) is 1. The zero-order valence-corrected chi connectivity index (χ0v) is 20.2. The van der Waals surface area contributed by atoms with Crippen molar-refractivity contribution < 1.29 is 22.4 Å². The van der Waals surface area contributed by atoms with Crippen molar-refractivity contribution >= 4 is 27.5 Å². The van der Waals surface area contributed by atoms with E-state index in [2.05, 4.69) is 17.0 Å². The molecule has 2 amide bonds. The van der Waals surface area contributed by atoms with E-state index in [9.17, 15) is 22.4 Å². The summed E-state index contributed by atoms with van der Waals surface area (Å²) in [6, 6.07) is 12.2. The summed E-state index contributed by atoms with van der Waals surface area (Å²) < 4.78 is 40.4. The summed E-state index contributed by atoms with van der Waals surface area (Å²) in [5, 5.41) is 2.78. The first-order valence-electron chi connectivity index (χ1n) is 11.7. The van der Waals surface area contributed by atoms with Crippen molar-refractivity contribution in [1.82, 2.24) is 9.62 Å². The van der Waals surface area contributed by atoms with Gasteiger partial charge < -0.3 is 10.2 Å². The molecule has 0 saturated carbocycles. The van der Waals surface area contributed by atoms with Crippen LogP contribution in [0, 0.1) is 11.7 Å². The maximum absolute atomic E-state index is 13.0. The van der Waals surface area contributed by atoms with E-state index in [0.29, 0.717) is 31.7 Å². The molecule has 0 bridgehead atoms. The van der Waals surface area contributed by atoms with E-state index in [1.54, 1.807) is 29.2 Å². The molecule has 1 saturated heterocycles. The molecular formula is C25H32FN3O4S. The van der Waals surface area contributed by atoms with Crippen molar-refractivity contribution in [2.24, 2.45) is 5.92 Å². The Bertz CT molecular complexity index is 1070. The van der Waals surface area contributed by atoms with Crippen LogP contribution in [0.1, 0.15) is 44.6 Å². The summed E-state index contributed by atoms with van der Waals surface area (Å²) >= 11 is 0. The van der Waals surface area contributed by atoms with Gasteiger partial charge in [-0.15, -0.1) is 0 Å². The Kier molecular flexibility index (Phi) is 9.18. The fourth-order valence-corrected chi connectivity index (χ4v) is 4.96. The van der Waals surface area contributed by atoms with Gasteiger partial charge in [0.2, 0.25) is 21.8 Å². The number of unbranched alkanes of at least 4 members (excludes halogenated alkanes) is 3. The molecule has 2 aromatic rings. The highest BCUT2D eigenvalue weighted by molar-refractivity contribution is 7.89. The third kappa shape index (κ3) is 7.36. The number of halogens is 1. The number of anilines is 1. The first kappa shape index (κ1) is 25.8. The maximum Gasteiger partial charge on any atom is 0.240 e. The molecule has 1 aliphatic rings. The van der Waals surface area contributed by atoms with Crippen LogP contribution in [-0.2, 0) is 26.0 Å². The Morgan fingerprint density at radius 2 is 1.76 bits per heavy atom. The molecule has 3 rings (SSSR count). The largest absolute Gasteiger partial charge is 0.342 e. The molecule has 0 aromatic heterocycles. The number of benzene rings is 2. The number of carbonyl (C=O) groups is 2. The Morgan fingerprint density at radius 1 is 1.06 bits per heavy atom. The van der Waals surface area contributed by atoms with Crippen molar-refractivity contribution in [3.63, 3.8) is 0 Å². The topological polar surface area (TPSA) is 95.6 Å². The molecule has 1 fully saturated rings. The third-order valence-electron chi connectivity index (χ3n) is 5.92. The molecule has 7 nitrogen and oxygen atoms in total. The molecule has 0 aliphatic carbocycles. The number of sulfonamides is 1. The van der Waals surface area contributed by atoms with Crippen molar-refractivity contribution in [2.75, 3.05) is 25.0 Å². The van der Waals surface area contributed by atoms with Crippen LogP contribution in [0.4, 0.5) is 10.1 Å². The second-order valence-electron chi connectivity index (χ2n) is 8.59. The SMILES string of the molecule is CCCCCCNS(=O)(=O)c1ccc(NC(=O)C2CC(=O)N(CCc3ccc(F)cc3)C2)cc1. The number of amides is 2. The van der Waals surface area contributed by atoms with E-state index in [4.69, 9.17) is 0 Å². The monoisotopic (exact) mass is 489 g/mol. The summed E-state index contributed by atoms with van der Waals surface area (Å²) in [5.74, 6) is -1.15. The third-order valence-corrected chi connectivity index (χ3v) is 7.40. The standard InChI is InChI=1S/C25H32FN3O4S/c1-2-3-4-5-15-27-34(32,33)23-12-10-22(11-13-23)28-25(31)20-17-24(30)29(18-20)16-14-19-6-8-21(26)9-7-19/h6-13,20,27H,2-5,14-18H2,1H3,(H,28,31). The molecule has 0 radical (unpaired) electrons. The van der Waals surface area contributed by atoms with E-state index < -0.39 is 15.9 Å². The molecule has 184 valence electrons. The smallest absolute Gasteiger partial charge is 0.240 e. The predicted molar refractivity (Wildman–Crippen MR) is 129 cm³/mol. The Labute approximate surface area is 200 Å². The van der Waals surface area contributed by atoms with Gasteiger partial charge in [-0.1, -0.05) is 38.3 Å². The van der Waals surface area contributed by atoms with Gasteiger partial charge in [0.1, 0.15) is 5.82 Å². The highest BCUT2D eigenvalue weighted by Crippen LogP contribution is 2.21. The van der Waals surface area contributed by atoms with E-state index in [1.807, 2.05) is 0 Å². The molecule has 1 heterocycles. The fraction of sp³-hybridized carbons (Fsp3) is 0.440. The predicted octanol–water partition coefficient (Wildman–Crippen LogP) is 3.71. The van der Waals surface area contributed by atoms with Crippen LogP contribution in [0.15, 0.2) is 53.4 Å². The van der Waals surface area contributed by atoms with Gasteiger partial charge in [-0.2, -0.15) is 0 Å². The lowest BCUT2D eigenvalue weighted by Crippen LogP contribution is -2.30. The van der Waals surface area contributed by atoms with E-state index in [0.717, 1.165) is 31.2 Å². The van der Waals surface area contributed by atoms with Crippen LogP contribution < -0.4 is 10.0 Å². The number of rotatable bonds is 12. The van der Waals surface area contributed by atoms with Crippen molar-refractivity contribution in [1.29, 1.82) is 0 Å². The van der Waals surface area contributed by atoms with E-state index in [1.165, 1.54) is 24.3 Å². The van der Waals surface area contributed by atoms with Crippen LogP contribution in [0.25, 0.3) is 0 Å². The minimum absolute atomic E-state index is 0.0892. The summed E-state index contributed by atoms with van der Waals surface area (Å²) in [6.07, 6.45) is 4.66. The molecule has 34 heavy (non-hydrogen) atoms. The second-order valence-corrected chi connectivity index (χ2v) is 10.4. The number of nitrogens with one attached hydrogen (secondary N) is 2. The highest BCUT2D eigenvalue weighted by Gasteiger charge is 2.34. The van der Waals surface area contributed by atoms with Gasteiger partial charge in [-0.3, -0.25) is 9.59 Å². The first-order chi connectivity index (χ1) is 16.3. The van der Waals surface area contributed by atoms with Crippen LogP contribution in [0.5, 0.6) is 0 Å². The van der Waals surface area contributed by atoms with Gasteiger partial charge in [-0.25, -0.2) is 17.5 Å². The number of hydrogen-bond acceptors (Lipinski definition) is 4. The lowest BCUT2D eigenvalue weighted by atomic mass is 10.1. The zero-order valence-electron chi connectivity index (χ0n) is 19.4. The lowest BCUT2D eigenvalue weighted by molar-refractivity contribution is -0.128. The number of carbonyl (C=O) groups excluding carboxylic acids is 2. The number of hydrogen-bond donors (Lipinski definition) is 2. The first-order valence-corrected chi connectivity index (χ1v) is 13.2. The minimum Gasteiger partial charge on any atom is -0.342 e. The highest BCUT2D eigenvalue weighted by atomic mass is 32.2. The van der Waals surface area contributed by atoms with Crippen LogP contribution in [0.3, 0.4) is 0 Å². The maximum atomic E-state index is 13.0. The van der Waals surface area contributed by atoms with Gasteiger partial charge in [0.15, 0.2) is 0 Å². The lowest BCUT2D eigenvalue weighted by Gasteiger charge is -2.16. The second kappa shape index (κ2) is 12.1. The molecular weight excluding hydrogens is 457 g/mol. The summed E-state index contributed by atoms with van der Waals surface area (Å²) in [6.45, 7) is 3.28. The van der Waals surface area contributed by atoms with Crippen molar-refractivity contribution in [3.05, 3.63) is 59.9 Å². The van der Waals surface area contributed by atoms with Crippen molar-refractivity contribution in [2.45, 2.75) is 50.3 Å². The molecule has 1 aliphatic heterocycles. The quantitative estimate of drug-likeness (QED) is 0.444. The van der Waals surface area contributed by atoms with Crippen LogP contribution >= 0.6 is 0 Å². The number of nitrogens with zero attached hydrogens (tertiary/aromatic N) is 1.